The van der Waals surface area contributed by atoms with Gasteiger partial charge in [0.2, 0.25) is 11.8 Å². The first kappa shape index (κ1) is 33.0. The van der Waals surface area contributed by atoms with Gasteiger partial charge in [0.1, 0.15) is 12.6 Å². The third kappa shape index (κ3) is 8.57. The zero-order chi connectivity index (χ0) is 31.9. The number of hydrogen-bond acceptors (Lipinski definition) is 4. The summed E-state index contributed by atoms with van der Waals surface area (Å²) in [5, 5.41) is 2.98. The largest absolute Gasteiger partial charge is 0.352 e. The molecule has 0 saturated carbocycles. The minimum Gasteiger partial charge on any atom is -0.352 e. The Labute approximate surface area is 269 Å². The quantitative estimate of drug-likeness (QED) is 0.188. The van der Waals surface area contributed by atoms with Crippen molar-refractivity contribution in [1.29, 1.82) is 0 Å². The lowest BCUT2D eigenvalue weighted by Crippen LogP contribution is -2.54. The number of amides is 2. The van der Waals surface area contributed by atoms with Crippen molar-refractivity contribution in [2.75, 3.05) is 10.8 Å². The molecule has 9 heteroatoms. The average Bonchev–Trinajstić information content (AvgIpc) is 2.98. The van der Waals surface area contributed by atoms with Crippen LogP contribution in [0.15, 0.2) is 112 Å². The second-order valence-corrected chi connectivity index (χ2v) is 14.0. The molecular formula is C35H38BrN3O4S. The Morgan fingerprint density at radius 3 is 1.93 bits per heavy atom. The van der Waals surface area contributed by atoms with Gasteiger partial charge in [0, 0.05) is 23.5 Å². The Hall–Kier alpha value is -3.95. The minimum absolute atomic E-state index is 0.0739. The van der Waals surface area contributed by atoms with Crippen LogP contribution in [0.2, 0.25) is 0 Å². The highest BCUT2D eigenvalue weighted by Gasteiger charge is 2.35. The average molecular weight is 677 g/mol. The summed E-state index contributed by atoms with van der Waals surface area (Å²) in [5.41, 5.74) is 3.81. The molecule has 0 aliphatic carbocycles. The molecule has 2 amide bonds. The lowest BCUT2D eigenvalue weighted by atomic mass is 10.0. The van der Waals surface area contributed by atoms with Crippen molar-refractivity contribution in [2.24, 2.45) is 0 Å². The first-order chi connectivity index (χ1) is 20.9. The number of carbonyl (C=O) groups excluding carboxylic acids is 2. The van der Waals surface area contributed by atoms with Gasteiger partial charge >= 0.3 is 0 Å². The lowest BCUT2D eigenvalue weighted by molar-refractivity contribution is -0.140. The first-order valence-electron chi connectivity index (χ1n) is 14.5. The summed E-state index contributed by atoms with van der Waals surface area (Å²) < 4.78 is 30.3. The van der Waals surface area contributed by atoms with Gasteiger partial charge in [0.25, 0.3) is 10.0 Å². The zero-order valence-corrected chi connectivity index (χ0v) is 27.8. The molecule has 0 spiro atoms. The number of nitrogens with one attached hydrogen (secondary N) is 1. The van der Waals surface area contributed by atoms with Crippen molar-refractivity contribution < 1.29 is 18.0 Å². The van der Waals surface area contributed by atoms with Crippen LogP contribution in [0.25, 0.3) is 0 Å². The van der Waals surface area contributed by atoms with Crippen LogP contribution in [0, 0.1) is 13.8 Å². The molecule has 0 bridgehead atoms. The van der Waals surface area contributed by atoms with Crippen molar-refractivity contribution in [1.82, 2.24) is 10.2 Å². The van der Waals surface area contributed by atoms with E-state index in [4.69, 9.17) is 0 Å². The molecule has 4 rings (SSSR count). The summed E-state index contributed by atoms with van der Waals surface area (Å²) in [4.78, 5) is 29.8. The maximum absolute atomic E-state index is 14.5. The fourth-order valence-corrected chi connectivity index (χ4v) is 6.75. The van der Waals surface area contributed by atoms with Crippen LogP contribution in [0.4, 0.5) is 5.69 Å². The van der Waals surface area contributed by atoms with Crippen molar-refractivity contribution in [2.45, 2.75) is 57.6 Å². The van der Waals surface area contributed by atoms with Gasteiger partial charge in [-0.2, -0.15) is 0 Å². The molecule has 0 saturated heterocycles. The Bertz CT molecular complexity index is 1660. The van der Waals surface area contributed by atoms with E-state index in [0.29, 0.717) is 5.69 Å². The van der Waals surface area contributed by atoms with Crippen LogP contribution in [0.5, 0.6) is 0 Å². The van der Waals surface area contributed by atoms with Crippen LogP contribution in [-0.2, 0) is 32.6 Å². The fraction of sp³-hybridized carbons (Fsp3) is 0.257. The van der Waals surface area contributed by atoms with Crippen LogP contribution < -0.4 is 9.62 Å². The van der Waals surface area contributed by atoms with E-state index in [2.05, 4.69) is 21.2 Å². The normalized spacial score (nSPS) is 12.0. The maximum Gasteiger partial charge on any atom is 0.264 e. The predicted molar refractivity (Wildman–Crippen MR) is 179 cm³/mol. The van der Waals surface area contributed by atoms with E-state index in [0.717, 1.165) is 31.0 Å². The van der Waals surface area contributed by atoms with Crippen LogP contribution >= 0.6 is 15.9 Å². The van der Waals surface area contributed by atoms with E-state index in [-0.39, 0.29) is 29.8 Å². The molecule has 44 heavy (non-hydrogen) atoms. The molecule has 4 aromatic carbocycles. The predicted octanol–water partition coefficient (Wildman–Crippen LogP) is 6.43. The maximum atomic E-state index is 14.5. The molecule has 0 aliphatic heterocycles. The molecule has 0 heterocycles. The van der Waals surface area contributed by atoms with Crippen LogP contribution in [-0.4, -0.2) is 43.8 Å². The highest BCUT2D eigenvalue weighted by Crippen LogP contribution is 2.27. The summed E-state index contributed by atoms with van der Waals surface area (Å²) >= 11 is 3.46. The van der Waals surface area contributed by atoms with Crippen LogP contribution in [0.3, 0.4) is 0 Å². The van der Waals surface area contributed by atoms with Crippen molar-refractivity contribution in [3.63, 3.8) is 0 Å². The number of aryl methyl sites for hydroxylation is 2. The third-order valence-corrected chi connectivity index (χ3v) is 9.39. The molecule has 0 unspecified atom stereocenters. The van der Waals surface area contributed by atoms with E-state index >= 15 is 0 Å². The van der Waals surface area contributed by atoms with E-state index in [9.17, 15) is 18.0 Å². The molecule has 1 atom stereocenters. The van der Waals surface area contributed by atoms with Gasteiger partial charge in [-0.25, -0.2) is 8.42 Å². The van der Waals surface area contributed by atoms with Gasteiger partial charge in [-0.1, -0.05) is 82.7 Å². The fourth-order valence-electron chi connectivity index (χ4n) is 5.06. The molecule has 7 nitrogen and oxygen atoms in total. The minimum atomic E-state index is -4.14. The van der Waals surface area contributed by atoms with Gasteiger partial charge in [0.05, 0.1) is 10.6 Å². The van der Waals surface area contributed by atoms with Gasteiger partial charge in [0.15, 0.2) is 0 Å². The monoisotopic (exact) mass is 675 g/mol. The van der Waals surface area contributed by atoms with Crippen molar-refractivity contribution in [3.05, 3.63) is 130 Å². The van der Waals surface area contributed by atoms with E-state index in [1.807, 2.05) is 88.4 Å². The van der Waals surface area contributed by atoms with Gasteiger partial charge < -0.3 is 10.2 Å². The number of nitrogens with zero attached hydrogens (tertiary/aromatic N) is 2. The Balaban J connectivity index is 1.82. The summed E-state index contributed by atoms with van der Waals surface area (Å²) in [7, 11) is -4.14. The topological polar surface area (TPSA) is 86.8 Å². The van der Waals surface area contributed by atoms with E-state index < -0.39 is 28.5 Å². The summed E-state index contributed by atoms with van der Waals surface area (Å²) in [6.45, 7) is 7.13. The number of carbonyl (C=O) groups is 2. The number of rotatable bonds is 12. The highest BCUT2D eigenvalue weighted by atomic mass is 79.9. The van der Waals surface area contributed by atoms with Crippen molar-refractivity contribution >= 4 is 43.5 Å². The summed E-state index contributed by atoms with van der Waals surface area (Å²) in [6, 6.07) is 29.5. The number of halogens is 1. The standard InChI is InChI=1S/C35H38BrN3O4S/c1-25(2)37-35(41)33(22-28-11-7-5-8-12-28)38(23-29-15-17-30(36)18-16-29)34(40)24-39(31-20-26(3)19-27(4)21-31)44(42,43)32-13-9-6-10-14-32/h5-21,25,33H,22-24H2,1-4H3,(H,37,41)/t33-/m1/s1. The molecule has 0 aromatic heterocycles. The summed E-state index contributed by atoms with van der Waals surface area (Å²) in [6.07, 6.45) is 0.261. The second kappa shape index (κ2) is 14.7. The second-order valence-electron chi connectivity index (χ2n) is 11.2. The number of benzene rings is 4. The first-order valence-corrected chi connectivity index (χ1v) is 16.7. The highest BCUT2D eigenvalue weighted by molar-refractivity contribution is 9.10. The molecule has 4 aromatic rings. The smallest absolute Gasteiger partial charge is 0.264 e. The van der Waals surface area contributed by atoms with Gasteiger partial charge in [-0.3, -0.25) is 13.9 Å². The van der Waals surface area contributed by atoms with E-state index in [1.54, 1.807) is 30.3 Å². The third-order valence-electron chi connectivity index (χ3n) is 7.07. The molecule has 0 radical (unpaired) electrons. The van der Waals surface area contributed by atoms with E-state index in [1.165, 1.54) is 17.0 Å². The van der Waals surface area contributed by atoms with Crippen molar-refractivity contribution in [3.8, 4) is 0 Å². The molecule has 0 aliphatic rings. The molecule has 230 valence electrons. The zero-order valence-electron chi connectivity index (χ0n) is 25.4. The van der Waals surface area contributed by atoms with Gasteiger partial charge in [-0.15, -0.1) is 0 Å². The number of sulfonamides is 1. The Morgan fingerprint density at radius 2 is 1.36 bits per heavy atom. The Morgan fingerprint density at radius 1 is 0.795 bits per heavy atom. The molecular weight excluding hydrogens is 638 g/mol. The number of anilines is 1. The Kier molecular flexibility index (Phi) is 11.0. The summed E-state index contributed by atoms with van der Waals surface area (Å²) in [5.74, 6) is -0.801. The number of hydrogen-bond donors (Lipinski definition) is 1. The van der Waals surface area contributed by atoms with Crippen LogP contribution in [0.1, 0.15) is 36.1 Å². The molecule has 1 N–H and O–H groups in total. The SMILES string of the molecule is Cc1cc(C)cc(N(CC(=O)N(Cc2ccc(Br)cc2)[C@H](Cc2ccccc2)C(=O)NC(C)C)S(=O)(=O)c2ccccc2)c1. The van der Waals surface area contributed by atoms with Gasteiger partial charge in [-0.05, 0) is 86.3 Å². The molecule has 0 fully saturated rings. The lowest BCUT2D eigenvalue weighted by Gasteiger charge is -2.34.